The Balaban J connectivity index is 1.32. The molecule has 12 nitrogen and oxygen atoms in total. The molecule has 2 aliphatic rings. The molecule has 2 aliphatic heterocycles. The summed E-state index contributed by atoms with van der Waals surface area (Å²) in [4.78, 5) is 49.1. The molecule has 0 aliphatic carbocycles. The van der Waals surface area contributed by atoms with Gasteiger partial charge in [0.2, 0.25) is 11.8 Å². The molecule has 240 valence electrons. The molecule has 46 heavy (non-hydrogen) atoms. The van der Waals surface area contributed by atoms with Crippen molar-refractivity contribution in [1.29, 1.82) is 0 Å². The number of hydrogen-bond donors (Lipinski definition) is 4. The predicted molar refractivity (Wildman–Crippen MR) is 170 cm³/mol. The summed E-state index contributed by atoms with van der Waals surface area (Å²) in [6, 6.07) is 14.5. The number of para-hydroxylation sites is 1. The van der Waals surface area contributed by atoms with Crippen LogP contribution in [0.5, 0.6) is 11.5 Å². The number of fused-ring (bicyclic) bond motifs is 2. The van der Waals surface area contributed by atoms with Crippen molar-refractivity contribution in [2.24, 2.45) is 0 Å². The first-order valence-corrected chi connectivity index (χ1v) is 15.8. The summed E-state index contributed by atoms with van der Waals surface area (Å²) in [5.41, 5.74) is 8.76. The molecule has 0 radical (unpaired) electrons. The van der Waals surface area contributed by atoms with E-state index in [0.29, 0.717) is 34.7 Å². The largest absolute Gasteiger partial charge is 0.504 e. The number of amides is 4. The molecule has 0 spiro atoms. The Hall–Kier alpha value is -4.95. The van der Waals surface area contributed by atoms with E-state index in [1.165, 1.54) is 45.5 Å². The summed E-state index contributed by atoms with van der Waals surface area (Å²) in [6.07, 6.45) is 0.0224. The van der Waals surface area contributed by atoms with E-state index < -0.39 is 18.2 Å². The number of phenols is 2. The average Bonchev–Trinajstić information content (AvgIpc) is 3.58. The van der Waals surface area contributed by atoms with Gasteiger partial charge in [-0.1, -0.05) is 48.6 Å². The van der Waals surface area contributed by atoms with Gasteiger partial charge in [-0.15, -0.1) is 0 Å². The Labute approximate surface area is 268 Å². The number of thiazole rings is 1. The Morgan fingerprint density at radius 2 is 1.87 bits per heavy atom. The number of anilines is 1. The second-order valence-electron chi connectivity index (χ2n) is 11.4. The van der Waals surface area contributed by atoms with Crippen LogP contribution in [0.2, 0.25) is 0 Å². The number of carbonyl (C=O) groups excluding carboxylic acids is 3. The third-order valence-corrected chi connectivity index (χ3v) is 9.10. The van der Waals surface area contributed by atoms with Crippen molar-refractivity contribution < 1.29 is 29.0 Å². The highest BCUT2D eigenvalue weighted by Crippen LogP contribution is 2.33. The predicted octanol–water partition coefficient (Wildman–Crippen LogP) is 3.39. The van der Waals surface area contributed by atoms with Crippen molar-refractivity contribution in [3.63, 3.8) is 0 Å². The second-order valence-corrected chi connectivity index (χ2v) is 12.4. The minimum absolute atomic E-state index is 0.0810. The van der Waals surface area contributed by atoms with Gasteiger partial charge < -0.3 is 31.1 Å². The number of hydrazine groups is 1. The van der Waals surface area contributed by atoms with Gasteiger partial charge in [-0.3, -0.25) is 14.6 Å². The van der Waals surface area contributed by atoms with E-state index in [2.05, 4.69) is 10.3 Å². The first kappa shape index (κ1) is 31.0. The highest BCUT2D eigenvalue weighted by Gasteiger charge is 2.52. The van der Waals surface area contributed by atoms with Gasteiger partial charge in [0.15, 0.2) is 16.6 Å². The molecule has 6 rings (SSSR count). The number of benzene rings is 3. The van der Waals surface area contributed by atoms with Gasteiger partial charge in [-0.05, 0) is 53.4 Å². The van der Waals surface area contributed by atoms with Crippen LogP contribution in [0, 0.1) is 5.82 Å². The number of hydrogen-bond acceptors (Lipinski definition) is 9. The molecular formula is C32H34FN7O5S. The van der Waals surface area contributed by atoms with Crippen molar-refractivity contribution in [2.45, 2.75) is 45.1 Å². The number of rotatable bonds is 9. The number of carbonyl (C=O) groups is 3. The second kappa shape index (κ2) is 12.8. The van der Waals surface area contributed by atoms with Crippen molar-refractivity contribution in [3.05, 3.63) is 83.2 Å². The lowest BCUT2D eigenvalue weighted by molar-refractivity contribution is -0.157. The molecular weight excluding hydrogens is 613 g/mol. The smallest absolute Gasteiger partial charge is 0.332 e. The molecule has 2 atom stereocenters. The normalized spacial score (nSPS) is 18.3. The van der Waals surface area contributed by atoms with Crippen LogP contribution < -0.4 is 11.1 Å². The summed E-state index contributed by atoms with van der Waals surface area (Å²) in [6.45, 7) is 2.61. The van der Waals surface area contributed by atoms with Gasteiger partial charge in [0.25, 0.3) is 0 Å². The number of aromatic hydroxyl groups is 2. The number of nitrogens with zero attached hydrogens (tertiary/aromatic N) is 5. The van der Waals surface area contributed by atoms with E-state index in [1.54, 1.807) is 28.1 Å². The maximum atomic E-state index is 14.2. The van der Waals surface area contributed by atoms with Crippen LogP contribution in [0.25, 0.3) is 10.2 Å². The van der Waals surface area contributed by atoms with Crippen LogP contribution in [0.15, 0.2) is 60.7 Å². The lowest BCUT2D eigenvalue weighted by Crippen LogP contribution is -2.66. The van der Waals surface area contributed by atoms with Crippen molar-refractivity contribution in [1.82, 2.24) is 30.1 Å². The molecule has 1 aromatic heterocycles. The molecule has 3 heterocycles. The fourth-order valence-corrected chi connectivity index (χ4v) is 6.88. The summed E-state index contributed by atoms with van der Waals surface area (Å²) in [7, 11) is 0. The van der Waals surface area contributed by atoms with Crippen LogP contribution in [-0.4, -0.2) is 84.7 Å². The number of nitrogen functional groups attached to an aromatic ring is 1. The zero-order chi connectivity index (χ0) is 32.5. The summed E-state index contributed by atoms with van der Waals surface area (Å²) < 4.78 is 14.3. The Bertz CT molecular complexity index is 1780. The van der Waals surface area contributed by atoms with Gasteiger partial charge in [-0.2, -0.15) is 5.01 Å². The molecule has 0 bridgehead atoms. The van der Waals surface area contributed by atoms with Gasteiger partial charge in [-0.25, -0.2) is 14.2 Å². The van der Waals surface area contributed by atoms with Gasteiger partial charge in [0, 0.05) is 26.1 Å². The van der Waals surface area contributed by atoms with Crippen molar-refractivity contribution in [2.75, 3.05) is 25.4 Å². The minimum Gasteiger partial charge on any atom is -0.504 e. The summed E-state index contributed by atoms with van der Waals surface area (Å²) in [5.74, 6) is -1.60. The zero-order valence-corrected chi connectivity index (χ0v) is 25.9. The fraction of sp³-hybridized carbons (Fsp3) is 0.312. The molecule has 0 saturated carbocycles. The number of nitrogens with one attached hydrogen (secondary N) is 1. The minimum atomic E-state index is -0.939. The third kappa shape index (κ3) is 6.13. The van der Waals surface area contributed by atoms with Crippen LogP contribution in [0.4, 0.5) is 14.3 Å². The lowest BCUT2D eigenvalue weighted by atomic mass is 9.99. The number of nitrogens with two attached hydrogens (primary N) is 1. The standard InChI is InChI=1S/C32H34FN7O5S/c1-2-12-38(32(45)35-15-19-6-9-22(33)10-7-19)39-18-28(43)40-23(13-20-8-11-24(41)25(42)14-20)30(44)37(17-27(39)40)16-21-4-3-5-26-29(21)36-31(34)46-26/h3-11,14,23,27,41-42H,2,12-13,15-18H2,1H3,(H2,34,36)(H,35,45)/t23-,27+/m0/s1. The van der Waals surface area contributed by atoms with Gasteiger partial charge >= 0.3 is 6.03 Å². The molecule has 3 aromatic carbocycles. The number of urea groups is 1. The van der Waals surface area contributed by atoms with Crippen LogP contribution >= 0.6 is 11.3 Å². The van der Waals surface area contributed by atoms with E-state index in [0.717, 1.165) is 10.3 Å². The van der Waals surface area contributed by atoms with Crippen molar-refractivity contribution in [3.8, 4) is 11.5 Å². The fourth-order valence-electron chi connectivity index (χ4n) is 6.10. The van der Waals surface area contributed by atoms with Gasteiger partial charge in [0.1, 0.15) is 18.0 Å². The third-order valence-electron chi connectivity index (χ3n) is 8.25. The van der Waals surface area contributed by atoms with Crippen LogP contribution in [0.1, 0.15) is 30.0 Å². The lowest BCUT2D eigenvalue weighted by Gasteiger charge is -2.46. The van der Waals surface area contributed by atoms with Crippen LogP contribution in [-0.2, 0) is 29.1 Å². The molecule has 4 aromatic rings. The monoisotopic (exact) mass is 647 g/mol. The molecule has 14 heteroatoms. The van der Waals surface area contributed by atoms with E-state index >= 15 is 0 Å². The number of halogens is 1. The Morgan fingerprint density at radius 1 is 1.11 bits per heavy atom. The van der Waals surface area contributed by atoms with E-state index in [4.69, 9.17) is 5.73 Å². The van der Waals surface area contributed by atoms with E-state index in [-0.39, 0.29) is 61.7 Å². The molecule has 0 unspecified atom stereocenters. The molecule has 2 saturated heterocycles. The first-order valence-electron chi connectivity index (χ1n) is 14.9. The highest BCUT2D eigenvalue weighted by molar-refractivity contribution is 7.22. The summed E-state index contributed by atoms with van der Waals surface area (Å²) >= 11 is 1.35. The maximum Gasteiger partial charge on any atom is 0.332 e. The average molecular weight is 648 g/mol. The first-order chi connectivity index (χ1) is 22.1. The van der Waals surface area contributed by atoms with Gasteiger partial charge in [0.05, 0.1) is 23.3 Å². The summed E-state index contributed by atoms with van der Waals surface area (Å²) in [5, 5.41) is 26.5. The molecule has 2 fully saturated rings. The molecule has 4 amide bonds. The Kier molecular flexibility index (Phi) is 8.65. The topological polar surface area (TPSA) is 156 Å². The highest BCUT2D eigenvalue weighted by atomic mass is 32.1. The Morgan fingerprint density at radius 3 is 2.61 bits per heavy atom. The zero-order valence-electron chi connectivity index (χ0n) is 25.1. The quantitative estimate of drug-likeness (QED) is 0.202. The molecule has 5 N–H and O–H groups in total. The van der Waals surface area contributed by atoms with Crippen molar-refractivity contribution >= 4 is 44.5 Å². The maximum absolute atomic E-state index is 14.2. The SMILES string of the molecule is CCCN(C(=O)NCc1ccc(F)cc1)N1CC(=O)N2[C@@H](Cc3ccc(O)c(O)c3)C(=O)N(Cc3cccc4sc(N)nc34)C[C@@H]21. The number of aromatic nitrogens is 1. The van der Waals surface area contributed by atoms with Crippen LogP contribution in [0.3, 0.4) is 0 Å². The number of phenolic OH excluding ortho intramolecular Hbond substituents is 2. The van der Waals surface area contributed by atoms with E-state index in [9.17, 15) is 29.0 Å². The van der Waals surface area contributed by atoms with E-state index in [1.807, 2.05) is 25.1 Å². The number of piperazine rings is 1.